The number of hydrogen-bond acceptors (Lipinski definition) is 3. The summed E-state index contributed by atoms with van der Waals surface area (Å²) in [7, 11) is 0. The summed E-state index contributed by atoms with van der Waals surface area (Å²) in [5, 5.41) is 9.04. The van der Waals surface area contributed by atoms with Gasteiger partial charge in [0.25, 0.3) is 0 Å². The first-order valence-corrected chi connectivity index (χ1v) is 7.96. The molecular formula is C17H25N3O2. The number of amides is 2. The molecular weight excluding hydrogens is 278 g/mol. The van der Waals surface area contributed by atoms with Crippen LogP contribution in [0.15, 0.2) is 24.3 Å². The minimum absolute atomic E-state index is 0.0271. The van der Waals surface area contributed by atoms with Gasteiger partial charge in [0.05, 0.1) is 0 Å². The summed E-state index contributed by atoms with van der Waals surface area (Å²) in [6.07, 6.45) is 2.61. The molecule has 22 heavy (non-hydrogen) atoms. The van der Waals surface area contributed by atoms with Crippen molar-refractivity contribution in [3.63, 3.8) is 0 Å². The van der Waals surface area contributed by atoms with Crippen molar-refractivity contribution in [1.29, 1.82) is 0 Å². The van der Waals surface area contributed by atoms with E-state index in [1.807, 2.05) is 32.0 Å². The van der Waals surface area contributed by atoms with E-state index in [0.29, 0.717) is 18.0 Å². The molecule has 5 nitrogen and oxygen atoms in total. The quantitative estimate of drug-likeness (QED) is 0.756. The van der Waals surface area contributed by atoms with Gasteiger partial charge in [-0.1, -0.05) is 19.9 Å². The van der Waals surface area contributed by atoms with Gasteiger partial charge < -0.3 is 16.0 Å². The molecule has 1 aliphatic heterocycles. The lowest BCUT2D eigenvalue weighted by Crippen LogP contribution is -2.18. The van der Waals surface area contributed by atoms with Gasteiger partial charge in [0.15, 0.2) is 0 Å². The Kier molecular flexibility index (Phi) is 5.95. The Morgan fingerprint density at radius 1 is 1.27 bits per heavy atom. The second-order valence-electron chi connectivity index (χ2n) is 6.17. The predicted octanol–water partition coefficient (Wildman–Crippen LogP) is 2.61. The van der Waals surface area contributed by atoms with Gasteiger partial charge in [0.2, 0.25) is 11.8 Å². The molecule has 0 radical (unpaired) electrons. The molecule has 5 heteroatoms. The first-order valence-electron chi connectivity index (χ1n) is 7.96. The molecule has 2 amide bonds. The molecule has 0 saturated carbocycles. The van der Waals surface area contributed by atoms with E-state index in [1.54, 1.807) is 6.07 Å². The zero-order valence-corrected chi connectivity index (χ0v) is 13.3. The van der Waals surface area contributed by atoms with Crippen LogP contribution < -0.4 is 16.0 Å². The predicted molar refractivity (Wildman–Crippen MR) is 88.8 cm³/mol. The van der Waals surface area contributed by atoms with Gasteiger partial charge >= 0.3 is 0 Å². The van der Waals surface area contributed by atoms with Crippen LogP contribution in [0.1, 0.15) is 33.1 Å². The van der Waals surface area contributed by atoms with Crippen LogP contribution in [0.2, 0.25) is 0 Å². The van der Waals surface area contributed by atoms with Crippen molar-refractivity contribution in [3.05, 3.63) is 24.3 Å². The Labute approximate surface area is 131 Å². The molecule has 0 aliphatic carbocycles. The molecule has 3 N–H and O–H groups in total. The molecule has 1 aliphatic rings. The van der Waals surface area contributed by atoms with Crippen LogP contribution in [0.4, 0.5) is 11.4 Å². The topological polar surface area (TPSA) is 70.2 Å². The SMILES string of the molecule is CC(C)C(=O)Nc1cccc(NC(=O)CCC2CCNC2)c1. The van der Waals surface area contributed by atoms with Gasteiger partial charge in [-0.25, -0.2) is 0 Å². The molecule has 1 saturated heterocycles. The highest BCUT2D eigenvalue weighted by Gasteiger charge is 2.15. The van der Waals surface area contributed by atoms with Crippen LogP contribution >= 0.6 is 0 Å². The fourth-order valence-corrected chi connectivity index (χ4v) is 2.48. The van der Waals surface area contributed by atoms with Gasteiger partial charge in [-0.2, -0.15) is 0 Å². The highest BCUT2D eigenvalue weighted by Crippen LogP contribution is 2.18. The molecule has 1 fully saturated rings. The maximum atomic E-state index is 12.0. The van der Waals surface area contributed by atoms with Crippen molar-refractivity contribution < 1.29 is 9.59 Å². The lowest BCUT2D eigenvalue weighted by molar-refractivity contribution is -0.119. The summed E-state index contributed by atoms with van der Waals surface area (Å²) >= 11 is 0. The fraction of sp³-hybridized carbons (Fsp3) is 0.529. The van der Waals surface area contributed by atoms with E-state index in [1.165, 1.54) is 0 Å². The third-order valence-corrected chi connectivity index (χ3v) is 3.88. The number of benzene rings is 1. The third kappa shape index (κ3) is 5.15. The minimum Gasteiger partial charge on any atom is -0.326 e. The van der Waals surface area contributed by atoms with Gasteiger partial charge in [-0.05, 0) is 50.0 Å². The van der Waals surface area contributed by atoms with Crippen molar-refractivity contribution in [2.75, 3.05) is 23.7 Å². The summed E-state index contributed by atoms with van der Waals surface area (Å²) in [6.45, 7) is 5.77. The van der Waals surface area contributed by atoms with Crippen LogP contribution in [0.25, 0.3) is 0 Å². The minimum atomic E-state index is -0.0710. The van der Waals surface area contributed by atoms with E-state index < -0.39 is 0 Å². The molecule has 1 heterocycles. The Morgan fingerprint density at radius 2 is 2.00 bits per heavy atom. The maximum Gasteiger partial charge on any atom is 0.226 e. The lowest BCUT2D eigenvalue weighted by Gasteiger charge is -2.11. The number of carbonyl (C=O) groups is 2. The zero-order chi connectivity index (χ0) is 15.9. The average molecular weight is 303 g/mol. The van der Waals surface area contributed by atoms with Crippen LogP contribution in [0, 0.1) is 11.8 Å². The van der Waals surface area contributed by atoms with E-state index in [-0.39, 0.29) is 17.7 Å². The second-order valence-corrected chi connectivity index (χ2v) is 6.17. The summed E-state index contributed by atoms with van der Waals surface area (Å²) in [5.74, 6) is 0.539. The number of anilines is 2. The van der Waals surface area contributed by atoms with E-state index in [4.69, 9.17) is 0 Å². The summed E-state index contributed by atoms with van der Waals surface area (Å²) in [6, 6.07) is 7.27. The van der Waals surface area contributed by atoms with Crippen LogP contribution in [-0.2, 0) is 9.59 Å². The first kappa shape index (κ1) is 16.5. The molecule has 0 spiro atoms. The van der Waals surface area contributed by atoms with Crippen molar-refractivity contribution in [2.45, 2.75) is 33.1 Å². The summed E-state index contributed by atoms with van der Waals surface area (Å²) in [4.78, 5) is 23.7. The molecule has 2 rings (SSSR count). The van der Waals surface area contributed by atoms with E-state index in [9.17, 15) is 9.59 Å². The Morgan fingerprint density at radius 3 is 2.64 bits per heavy atom. The largest absolute Gasteiger partial charge is 0.326 e. The van der Waals surface area contributed by atoms with E-state index in [2.05, 4.69) is 16.0 Å². The Balaban J connectivity index is 1.83. The number of rotatable bonds is 6. The van der Waals surface area contributed by atoms with Gasteiger partial charge in [-0.3, -0.25) is 9.59 Å². The fourth-order valence-electron chi connectivity index (χ4n) is 2.48. The lowest BCUT2D eigenvalue weighted by atomic mass is 10.0. The van der Waals surface area contributed by atoms with Crippen LogP contribution in [0.5, 0.6) is 0 Å². The second kappa shape index (κ2) is 7.94. The normalized spacial score (nSPS) is 17.5. The molecule has 0 aromatic heterocycles. The first-order chi connectivity index (χ1) is 10.5. The van der Waals surface area contributed by atoms with Gasteiger partial charge in [0, 0.05) is 23.7 Å². The molecule has 1 aromatic rings. The van der Waals surface area contributed by atoms with Crippen LogP contribution in [-0.4, -0.2) is 24.9 Å². The summed E-state index contributed by atoms with van der Waals surface area (Å²) < 4.78 is 0. The smallest absolute Gasteiger partial charge is 0.226 e. The number of carbonyl (C=O) groups excluding carboxylic acids is 2. The Hall–Kier alpha value is -1.88. The molecule has 1 aromatic carbocycles. The molecule has 1 atom stereocenters. The van der Waals surface area contributed by atoms with Crippen molar-refractivity contribution in [2.24, 2.45) is 11.8 Å². The van der Waals surface area contributed by atoms with Crippen LogP contribution in [0.3, 0.4) is 0 Å². The number of hydrogen-bond donors (Lipinski definition) is 3. The Bertz CT molecular complexity index is 522. The van der Waals surface area contributed by atoms with Gasteiger partial charge in [0.1, 0.15) is 0 Å². The third-order valence-electron chi connectivity index (χ3n) is 3.88. The van der Waals surface area contributed by atoms with Gasteiger partial charge in [-0.15, -0.1) is 0 Å². The highest BCUT2D eigenvalue weighted by atomic mass is 16.2. The molecule has 0 bridgehead atoms. The number of nitrogens with one attached hydrogen (secondary N) is 3. The van der Waals surface area contributed by atoms with Crippen molar-refractivity contribution >= 4 is 23.2 Å². The standard InChI is InChI=1S/C17H25N3O2/c1-12(2)17(22)20-15-5-3-4-14(10-15)19-16(21)7-6-13-8-9-18-11-13/h3-5,10,12-13,18H,6-9,11H2,1-2H3,(H,19,21)(H,20,22). The average Bonchev–Trinajstić information content (AvgIpc) is 2.98. The molecule has 1 unspecified atom stereocenters. The van der Waals surface area contributed by atoms with E-state index in [0.717, 1.165) is 31.6 Å². The highest BCUT2D eigenvalue weighted by molar-refractivity contribution is 5.94. The van der Waals surface area contributed by atoms with Crippen molar-refractivity contribution in [1.82, 2.24) is 5.32 Å². The van der Waals surface area contributed by atoms with Crippen molar-refractivity contribution in [3.8, 4) is 0 Å². The van der Waals surface area contributed by atoms with E-state index >= 15 is 0 Å². The summed E-state index contributed by atoms with van der Waals surface area (Å²) in [5.41, 5.74) is 1.42. The molecule has 120 valence electrons. The monoisotopic (exact) mass is 303 g/mol. The zero-order valence-electron chi connectivity index (χ0n) is 13.3. The maximum absolute atomic E-state index is 12.0.